The van der Waals surface area contributed by atoms with E-state index in [-0.39, 0.29) is 29.1 Å². The van der Waals surface area contributed by atoms with Gasteiger partial charge in [-0.05, 0) is 32.1 Å². The van der Waals surface area contributed by atoms with Gasteiger partial charge in [0.15, 0.2) is 0 Å². The van der Waals surface area contributed by atoms with Gasteiger partial charge >= 0.3 is 5.97 Å². The summed E-state index contributed by atoms with van der Waals surface area (Å²) in [5.41, 5.74) is 0. The van der Waals surface area contributed by atoms with Gasteiger partial charge in [-0.3, -0.25) is 4.79 Å². The van der Waals surface area contributed by atoms with Crippen molar-refractivity contribution in [3.8, 4) is 0 Å². The average Bonchev–Trinajstić information content (AvgIpc) is 2.62. The molecular weight excluding hydrogens is 347 g/mol. The minimum absolute atomic E-state index is 0. The van der Waals surface area contributed by atoms with E-state index < -0.39 is 6.10 Å². The van der Waals surface area contributed by atoms with Crippen LogP contribution < -0.4 is 0 Å². The number of allylic oxidation sites excluding steroid dienone is 2. The van der Waals surface area contributed by atoms with E-state index in [2.05, 4.69) is 19.1 Å². The van der Waals surface area contributed by atoms with Crippen LogP contribution >= 0.6 is 9.90 Å². The third-order valence-corrected chi connectivity index (χ3v) is 4.29. The standard InChI is InChI=1S/C21H40O4.H3P/c1-2-3-4-5-6-7-8-9-10-11-12-13-14-15-16-17-21(24)25-19-20(23)18-22;/h9-10,20,22-23H,2-8,11-19H2,1H3;1H3/b10-9-;. The van der Waals surface area contributed by atoms with E-state index >= 15 is 0 Å². The van der Waals surface area contributed by atoms with E-state index in [0.717, 1.165) is 25.7 Å². The Morgan fingerprint density at radius 2 is 1.38 bits per heavy atom. The van der Waals surface area contributed by atoms with Gasteiger partial charge in [0, 0.05) is 6.42 Å². The lowest BCUT2D eigenvalue weighted by molar-refractivity contribution is -0.147. The highest BCUT2D eigenvalue weighted by molar-refractivity contribution is 6.92. The summed E-state index contributed by atoms with van der Waals surface area (Å²) >= 11 is 0. The van der Waals surface area contributed by atoms with Crippen LogP contribution in [0.5, 0.6) is 0 Å². The molecule has 0 bridgehead atoms. The molecule has 0 radical (unpaired) electrons. The summed E-state index contributed by atoms with van der Waals surface area (Å²) in [7, 11) is 0. The molecule has 0 aliphatic carbocycles. The molecule has 0 aliphatic heterocycles. The molecule has 2 atom stereocenters. The van der Waals surface area contributed by atoms with Crippen molar-refractivity contribution in [2.75, 3.05) is 13.2 Å². The lowest BCUT2D eigenvalue weighted by Gasteiger charge is -2.08. The van der Waals surface area contributed by atoms with Gasteiger partial charge < -0.3 is 14.9 Å². The Bertz CT molecular complexity index is 321. The maximum Gasteiger partial charge on any atom is 0.305 e. The van der Waals surface area contributed by atoms with Crippen LogP contribution in [-0.2, 0) is 9.53 Å². The summed E-state index contributed by atoms with van der Waals surface area (Å²) in [4.78, 5) is 11.4. The monoisotopic (exact) mass is 390 g/mol. The highest BCUT2D eigenvalue weighted by Gasteiger charge is 2.07. The summed E-state index contributed by atoms with van der Waals surface area (Å²) in [5.74, 6) is -0.287. The van der Waals surface area contributed by atoms with Crippen LogP contribution in [0.2, 0.25) is 0 Å². The van der Waals surface area contributed by atoms with Crippen molar-refractivity contribution in [1.82, 2.24) is 0 Å². The Kier molecular flexibility index (Phi) is 24.1. The summed E-state index contributed by atoms with van der Waals surface area (Å²) in [6.07, 6.45) is 20.1. The zero-order valence-corrected chi connectivity index (χ0v) is 18.4. The molecule has 0 aromatic carbocycles. The molecule has 0 amide bonds. The molecule has 2 N–H and O–H groups in total. The first-order valence-electron chi connectivity index (χ1n) is 10.3. The average molecular weight is 391 g/mol. The number of hydrogen-bond acceptors (Lipinski definition) is 4. The van der Waals surface area contributed by atoms with Crippen LogP contribution in [0.3, 0.4) is 0 Å². The van der Waals surface area contributed by atoms with Crippen molar-refractivity contribution in [1.29, 1.82) is 0 Å². The van der Waals surface area contributed by atoms with Gasteiger partial charge in [-0.25, -0.2) is 0 Å². The van der Waals surface area contributed by atoms with Crippen LogP contribution in [0.25, 0.3) is 0 Å². The molecule has 0 aromatic rings. The summed E-state index contributed by atoms with van der Waals surface area (Å²) in [6.45, 7) is 1.77. The zero-order valence-electron chi connectivity index (χ0n) is 17.0. The summed E-state index contributed by atoms with van der Waals surface area (Å²) in [6, 6.07) is 0. The third-order valence-electron chi connectivity index (χ3n) is 4.29. The normalized spacial score (nSPS) is 12.1. The molecule has 26 heavy (non-hydrogen) atoms. The summed E-state index contributed by atoms with van der Waals surface area (Å²) in [5, 5.41) is 17.7. The largest absolute Gasteiger partial charge is 0.463 e. The van der Waals surface area contributed by atoms with Gasteiger partial charge in [-0.1, -0.05) is 70.4 Å². The fourth-order valence-electron chi connectivity index (χ4n) is 2.65. The number of carbonyl (C=O) groups excluding carboxylic acids is 1. The molecule has 0 saturated heterocycles. The lowest BCUT2D eigenvalue weighted by Crippen LogP contribution is -2.21. The van der Waals surface area contributed by atoms with E-state index in [1.54, 1.807) is 0 Å². The third kappa shape index (κ3) is 21.6. The first-order valence-corrected chi connectivity index (χ1v) is 10.3. The first kappa shape index (κ1) is 27.8. The summed E-state index contributed by atoms with van der Waals surface area (Å²) < 4.78 is 4.86. The van der Waals surface area contributed by atoms with Crippen molar-refractivity contribution in [2.45, 2.75) is 103 Å². The second kappa shape index (κ2) is 22.6. The molecule has 2 unspecified atom stereocenters. The van der Waals surface area contributed by atoms with Crippen molar-refractivity contribution >= 4 is 15.9 Å². The van der Waals surface area contributed by atoms with Gasteiger partial charge in [-0.15, -0.1) is 0 Å². The SMILES string of the molecule is CCCCCCCC/C=C\CCCCCCCC(=O)OCC(O)CO.P. The predicted octanol–water partition coefficient (Wildman–Crippen LogP) is 4.98. The smallest absolute Gasteiger partial charge is 0.305 e. The fraction of sp³-hybridized carbons (Fsp3) is 0.857. The van der Waals surface area contributed by atoms with Crippen molar-refractivity contribution < 1.29 is 19.7 Å². The Labute approximate surface area is 164 Å². The number of aliphatic hydroxyl groups is 2. The van der Waals surface area contributed by atoms with Crippen molar-refractivity contribution in [3.05, 3.63) is 12.2 Å². The van der Waals surface area contributed by atoms with E-state index in [9.17, 15) is 4.79 Å². The molecule has 4 nitrogen and oxygen atoms in total. The number of aliphatic hydroxyl groups excluding tert-OH is 2. The maximum absolute atomic E-state index is 11.4. The molecule has 5 heteroatoms. The van der Waals surface area contributed by atoms with E-state index in [1.165, 1.54) is 57.8 Å². The molecule has 0 heterocycles. The molecule has 0 aliphatic rings. The highest BCUT2D eigenvalue weighted by Crippen LogP contribution is 2.10. The zero-order chi connectivity index (χ0) is 18.6. The van der Waals surface area contributed by atoms with Crippen molar-refractivity contribution in [3.63, 3.8) is 0 Å². The number of rotatable bonds is 18. The molecule has 0 fully saturated rings. The van der Waals surface area contributed by atoms with Gasteiger partial charge in [0.2, 0.25) is 0 Å². The maximum atomic E-state index is 11.4. The molecule has 0 saturated carbocycles. The van der Waals surface area contributed by atoms with E-state index in [1.807, 2.05) is 0 Å². The number of ether oxygens (including phenoxy) is 1. The van der Waals surface area contributed by atoms with Crippen LogP contribution in [0.1, 0.15) is 96.8 Å². The molecule has 0 aromatic heterocycles. The predicted molar refractivity (Wildman–Crippen MR) is 115 cm³/mol. The first-order chi connectivity index (χ1) is 12.2. The number of carbonyl (C=O) groups is 1. The van der Waals surface area contributed by atoms with Crippen LogP contribution in [0.4, 0.5) is 0 Å². The van der Waals surface area contributed by atoms with Crippen LogP contribution in [0, 0.1) is 0 Å². The minimum atomic E-state index is -0.960. The number of hydrogen-bond donors (Lipinski definition) is 2. The number of esters is 1. The second-order valence-electron chi connectivity index (χ2n) is 6.85. The quantitative estimate of drug-likeness (QED) is 0.150. The van der Waals surface area contributed by atoms with E-state index in [0.29, 0.717) is 6.42 Å². The lowest BCUT2D eigenvalue weighted by atomic mass is 10.1. The van der Waals surface area contributed by atoms with Gasteiger partial charge in [0.25, 0.3) is 0 Å². The molecule has 156 valence electrons. The van der Waals surface area contributed by atoms with Gasteiger partial charge in [-0.2, -0.15) is 9.90 Å². The number of unbranched alkanes of at least 4 members (excludes halogenated alkanes) is 11. The van der Waals surface area contributed by atoms with E-state index in [4.69, 9.17) is 14.9 Å². The Balaban J connectivity index is 0. The fourth-order valence-corrected chi connectivity index (χ4v) is 2.65. The van der Waals surface area contributed by atoms with Crippen LogP contribution in [-0.4, -0.2) is 35.5 Å². The topological polar surface area (TPSA) is 66.8 Å². The minimum Gasteiger partial charge on any atom is -0.463 e. The van der Waals surface area contributed by atoms with Crippen LogP contribution in [0.15, 0.2) is 12.2 Å². The second-order valence-corrected chi connectivity index (χ2v) is 6.85. The molecule has 0 spiro atoms. The van der Waals surface area contributed by atoms with Gasteiger partial charge in [0.1, 0.15) is 12.7 Å². The Morgan fingerprint density at radius 1 is 0.885 bits per heavy atom. The van der Waals surface area contributed by atoms with Crippen molar-refractivity contribution in [2.24, 2.45) is 0 Å². The van der Waals surface area contributed by atoms with Gasteiger partial charge in [0.05, 0.1) is 6.61 Å². The highest BCUT2D eigenvalue weighted by atomic mass is 31.0. The Morgan fingerprint density at radius 3 is 1.92 bits per heavy atom. The Hall–Kier alpha value is -0.440. The molecule has 0 rings (SSSR count). The molecular formula is C21H43O4P.